The largest absolute Gasteiger partial charge is 0.493 e. The summed E-state index contributed by atoms with van der Waals surface area (Å²) in [5.41, 5.74) is 3.95. The molecule has 3 rings (SSSR count). The zero-order valence-corrected chi connectivity index (χ0v) is 20.6. The molecule has 178 valence electrons. The van der Waals surface area contributed by atoms with Gasteiger partial charge in [0.1, 0.15) is 5.75 Å². The number of carbonyl (C=O) groups is 1. The molecule has 1 aliphatic rings. The van der Waals surface area contributed by atoms with Crippen molar-refractivity contribution >= 4 is 17.6 Å². The molecular weight excluding hydrogens is 436 g/mol. The quantitative estimate of drug-likeness (QED) is 0.368. The van der Waals surface area contributed by atoms with Crippen LogP contribution in [0.5, 0.6) is 5.75 Å². The summed E-state index contributed by atoms with van der Waals surface area (Å²) in [7, 11) is 0. The van der Waals surface area contributed by atoms with Gasteiger partial charge in [-0.1, -0.05) is 62.2 Å². The minimum atomic E-state index is -0.851. The van der Waals surface area contributed by atoms with Crippen LogP contribution in [0.4, 0.5) is 0 Å². The molecule has 1 fully saturated rings. The van der Waals surface area contributed by atoms with Crippen LogP contribution in [0.2, 0.25) is 5.02 Å². The SMILES string of the molecule is C=C(C)[C@H]1C[C@H](c2ccc(Cl)cc2)[C@H](CCC)O[C@@H]1c1cc(CC(=O)O)ccc1OCCC. The first-order chi connectivity index (χ1) is 15.8. The van der Waals surface area contributed by atoms with E-state index in [2.05, 4.69) is 32.6 Å². The lowest BCUT2D eigenvalue weighted by Gasteiger charge is -2.43. The van der Waals surface area contributed by atoms with Crippen molar-refractivity contribution in [2.45, 2.75) is 71.0 Å². The van der Waals surface area contributed by atoms with Gasteiger partial charge in [0, 0.05) is 22.4 Å². The van der Waals surface area contributed by atoms with Crippen LogP contribution in [0.15, 0.2) is 54.6 Å². The van der Waals surface area contributed by atoms with Gasteiger partial charge in [0.05, 0.1) is 25.2 Å². The first-order valence-corrected chi connectivity index (χ1v) is 12.3. The topological polar surface area (TPSA) is 55.8 Å². The number of hydrogen-bond donors (Lipinski definition) is 1. The molecule has 0 amide bonds. The molecule has 4 nitrogen and oxygen atoms in total. The maximum absolute atomic E-state index is 11.4. The standard InChI is InChI=1S/C28H35ClO4/c1-5-7-26-23(20-9-11-21(29)12-10-20)17-22(18(3)4)28(33-26)24-15-19(16-27(30)31)8-13-25(24)32-14-6-2/h8-13,15,22-23,26,28H,3,5-7,14,16-17H2,1-2,4H3,(H,30,31)/t22-,23-,26+,28+/m1/s1. The van der Waals surface area contributed by atoms with Crippen molar-refractivity contribution in [3.8, 4) is 5.75 Å². The number of carboxylic acids is 1. The third kappa shape index (κ3) is 6.39. The normalized spacial score (nSPS) is 22.7. The molecule has 2 aromatic carbocycles. The number of hydrogen-bond acceptors (Lipinski definition) is 3. The van der Waals surface area contributed by atoms with E-state index in [9.17, 15) is 9.90 Å². The van der Waals surface area contributed by atoms with E-state index in [1.165, 1.54) is 5.56 Å². The first-order valence-electron chi connectivity index (χ1n) is 11.9. The van der Waals surface area contributed by atoms with Gasteiger partial charge in [-0.25, -0.2) is 0 Å². The van der Waals surface area contributed by atoms with Gasteiger partial charge in [0.15, 0.2) is 0 Å². The summed E-state index contributed by atoms with van der Waals surface area (Å²) in [5, 5.41) is 10.1. The Morgan fingerprint density at radius 2 is 1.91 bits per heavy atom. The predicted octanol–water partition coefficient (Wildman–Crippen LogP) is 7.36. The van der Waals surface area contributed by atoms with Crippen molar-refractivity contribution in [1.29, 1.82) is 0 Å². The predicted molar refractivity (Wildman–Crippen MR) is 133 cm³/mol. The summed E-state index contributed by atoms with van der Waals surface area (Å²) in [5.74, 6) is 0.239. The molecule has 0 aliphatic carbocycles. The van der Waals surface area contributed by atoms with Gasteiger partial charge in [0.25, 0.3) is 0 Å². The molecule has 0 spiro atoms. The Bertz CT molecular complexity index is 953. The van der Waals surface area contributed by atoms with Gasteiger partial charge >= 0.3 is 5.97 Å². The van der Waals surface area contributed by atoms with Crippen molar-refractivity contribution in [2.75, 3.05) is 6.61 Å². The Balaban J connectivity index is 2.02. The van der Waals surface area contributed by atoms with E-state index >= 15 is 0 Å². The van der Waals surface area contributed by atoms with Crippen LogP contribution >= 0.6 is 11.6 Å². The Morgan fingerprint density at radius 3 is 2.52 bits per heavy atom. The first kappa shape index (κ1) is 25.3. The Morgan fingerprint density at radius 1 is 1.18 bits per heavy atom. The second kappa shape index (κ2) is 11.7. The summed E-state index contributed by atoms with van der Waals surface area (Å²) in [6.45, 7) is 11.2. The van der Waals surface area contributed by atoms with Crippen LogP contribution in [0.1, 0.15) is 75.2 Å². The lowest BCUT2D eigenvalue weighted by atomic mass is 9.74. The molecule has 1 N–H and O–H groups in total. The van der Waals surface area contributed by atoms with Crippen molar-refractivity contribution in [1.82, 2.24) is 0 Å². The average molecular weight is 471 g/mol. The number of rotatable bonds is 10. The van der Waals surface area contributed by atoms with Crippen molar-refractivity contribution < 1.29 is 19.4 Å². The van der Waals surface area contributed by atoms with E-state index < -0.39 is 5.97 Å². The Labute approximate surface area is 202 Å². The highest BCUT2D eigenvalue weighted by atomic mass is 35.5. The number of ether oxygens (including phenoxy) is 2. The highest BCUT2D eigenvalue weighted by Gasteiger charge is 2.40. The molecule has 1 heterocycles. The van der Waals surface area contributed by atoms with Crippen LogP contribution in [-0.4, -0.2) is 23.8 Å². The summed E-state index contributed by atoms with van der Waals surface area (Å²) in [4.78, 5) is 11.4. The third-order valence-corrected chi connectivity index (χ3v) is 6.60. The fourth-order valence-electron chi connectivity index (χ4n) is 4.74. The number of carboxylic acid groups (broad SMARTS) is 1. The van der Waals surface area contributed by atoms with Crippen molar-refractivity contribution in [3.63, 3.8) is 0 Å². The molecule has 5 heteroatoms. The van der Waals surface area contributed by atoms with E-state index in [-0.39, 0.29) is 30.5 Å². The molecule has 1 saturated heterocycles. The van der Waals surface area contributed by atoms with E-state index in [4.69, 9.17) is 21.1 Å². The Kier molecular flexibility index (Phi) is 8.99. The molecular formula is C28H35ClO4. The number of aliphatic carboxylic acids is 1. The fourth-order valence-corrected chi connectivity index (χ4v) is 4.87. The number of benzene rings is 2. The van der Waals surface area contributed by atoms with Crippen LogP contribution in [-0.2, 0) is 16.0 Å². The molecule has 0 radical (unpaired) electrons. The molecule has 33 heavy (non-hydrogen) atoms. The molecule has 1 aliphatic heterocycles. The second-order valence-corrected chi connectivity index (χ2v) is 9.46. The maximum atomic E-state index is 11.4. The minimum Gasteiger partial charge on any atom is -0.493 e. The van der Waals surface area contributed by atoms with Gasteiger partial charge in [-0.05, 0) is 61.6 Å². The minimum absolute atomic E-state index is 0.0305. The average Bonchev–Trinajstić information content (AvgIpc) is 2.78. The highest BCUT2D eigenvalue weighted by molar-refractivity contribution is 6.30. The zero-order chi connectivity index (χ0) is 24.0. The smallest absolute Gasteiger partial charge is 0.307 e. The van der Waals surface area contributed by atoms with Crippen LogP contribution in [0.3, 0.4) is 0 Å². The summed E-state index contributed by atoms with van der Waals surface area (Å²) >= 11 is 6.14. The maximum Gasteiger partial charge on any atom is 0.307 e. The molecule has 0 bridgehead atoms. The Hall–Kier alpha value is -2.30. The van der Waals surface area contributed by atoms with Gasteiger partial charge in [-0.15, -0.1) is 0 Å². The summed E-state index contributed by atoms with van der Waals surface area (Å²) in [6, 6.07) is 13.7. The lowest BCUT2D eigenvalue weighted by Crippen LogP contribution is -2.36. The van der Waals surface area contributed by atoms with Crippen LogP contribution in [0, 0.1) is 5.92 Å². The molecule has 4 atom stereocenters. The lowest BCUT2D eigenvalue weighted by molar-refractivity contribution is -0.136. The fraction of sp³-hybridized carbons (Fsp3) is 0.464. The molecule has 0 unspecified atom stereocenters. The molecule has 0 saturated carbocycles. The van der Waals surface area contributed by atoms with Crippen LogP contribution in [0.25, 0.3) is 0 Å². The van der Waals surface area contributed by atoms with Gasteiger partial charge in [-0.3, -0.25) is 4.79 Å². The number of halogens is 1. The van der Waals surface area contributed by atoms with Gasteiger partial charge < -0.3 is 14.6 Å². The highest BCUT2D eigenvalue weighted by Crippen LogP contribution is 2.49. The summed E-state index contributed by atoms with van der Waals surface area (Å²) < 4.78 is 12.9. The van der Waals surface area contributed by atoms with E-state index in [0.717, 1.165) is 53.2 Å². The van der Waals surface area contributed by atoms with E-state index in [0.29, 0.717) is 6.61 Å². The molecule has 0 aromatic heterocycles. The van der Waals surface area contributed by atoms with E-state index in [1.54, 1.807) is 0 Å². The van der Waals surface area contributed by atoms with Crippen molar-refractivity contribution in [3.05, 3.63) is 76.3 Å². The second-order valence-electron chi connectivity index (χ2n) is 9.02. The van der Waals surface area contributed by atoms with Gasteiger partial charge in [0.2, 0.25) is 0 Å². The van der Waals surface area contributed by atoms with E-state index in [1.807, 2.05) is 37.3 Å². The monoisotopic (exact) mass is 470 g/mol. The van der Waals surface area contributed by atoms with Gasteiger partial charge in [-0.2, -0.15) is 0 Å². The molecule has 2 aromatic rings. The van der Waals surface area contributed by atoms with Crippen molar-refractivity contribution in [2.24, 2.45) is 5.92 Å². The third-order valence-electron chi connectivity index (χ3n) is 6.35. The van der Waals surface area contributed by atoms with Crippen LogP contribution < -0.4 is 4.74 Å². The zero-order valence-electron chi connectivity index (χ0n) is 19.9. The summed E-state index contributed by atoms with van der Waals surface area (Å²) in [6.07, 6.45) is 3.52.